The first-order valence-electron chi connectivity index (χ1n) is 6.50. The Hall–Kier alpha value is -2.15. The first-order chi connectivity index (χ1) is 9.99. The van der Waals surface area contributed by atoms with Crippen LogP contribution in [-0.2, 0) is 6.42 Å². The first-order valence-corrected chi connectivity index (χ1v) is 7.32. The molecule has 0 aliphatic heterocycles. The first kappa shape index (κ1) is 15.2. The minimum absolute atomic E-state index is 0.0806. The number of aromatic hydroxyl groups is 1. The van der Waals surface area contributed by atoms with Crippen LogP contribution in [0.25, 0.3) is 0 Å². The van der Waals surface area contributed by atoms with Crippen molar-refractivity contribution in [2.75, 3.05) is 12.4 Å². The molecule has 2 aromatic rings. The molecule has 0 radical (unpaired) electrons. The number of methoxy groups -OCH3 is 1. The number of benzene rings is 1. The van der Waals surface area contributed by atoms with Crippen LogP contribution in [0.1, 0.15) is 29.2 Å². The zero-order valence-electron chi connectivity index (χ0n) is 12.1. The molecule has 0 spiro atoms. The van der Waals surface area contributed by atoms with Gasteiger partial charge in [-0.1, -0.05) is 25.2 Å². The summed E-state index contributed by atoms with van der Waals surface area (Å²) in [6, 6.07) is 4.46. The van der Waals surface area contributed by atoms with Crippen molar-refractivity contribution in [1.82, 2.24) is 10.2 Å². The minimum atomic E-state index is -0.347. The highest BCUT2D eigenvalue weighted by atomic mass is 32.1. The lowest BCUT2D eigenvalue weighted by Gasteiger charge is -2.05. The number of nitrogens with one attached hydrogen (secondary N) is 1. The maximum atomic E-state index is 12.1. The lowest BCUT2D eigenvalue weighted by molar-refractivity contribution is 0.102. The summed E-state index contributed by atoms with van der Waals surface area (Å²) in [4.78, 5) is 12.1. The fourth-order valence-electron chi connectivity index (χ4n) is 1.74. The third-order valence-corrected chi connectivity index (χ3v) is 3.57. The summed E-state index contributed by atoms with van der Waals surface area (Å²) in [5, 5.41) is 21.7. The molecule has 6 nitrogen and oxygen atoms in total. The smallest absolute Gasteiger partial charge is 0.257 e. The van der Waals surface area contributed by atoms with Gasteiger partial charge in [0.1, 0.15) is 5.01 Å². The monoisotopic (exact) mass is 307 g/mol. The molecule has 0 aliphatic rings. The molecular formula is C14H17N3O3S. The average Bonchev–Trinajstić information content (AvgIpc) is 2.84. The summed E-state index contributed by atoms with van der Waals surface area (Å²) in [6.45, 7) is 4.19. The topological polar surface area (TPSA) is 84.3 Å². The van der Waals surface area contributed by atoms with Gasteiger partial charge < -0.3 is 9.84 Å². The van der Waals surface area contributed by atoms with Crippen LogP contribution in [-0.4, -0.2) is 28.3 Å². The summed E-state index contributed by atoms with van der Waals surface area (Å²) < 4.78 is 4.94. The molecule has 0 saturated carbocycles. The van der Waals surface area contributed by atoms with Crippen LogP contribution in [0.5, 0.6) is 11.5 Å². The highest BCUT2D eigenvalue weighted by molar-refractivity contribution is 7.15. The van der Waals surface area contributed by atoms with Gasteiger partial charge in [0.15, 0.2) is 11.5 Å². The fourth-order valence-corrected chi connectivity index (χ4v) is 2.68. The van der Waals surface area contributed by atoms with E-state index < -0.39 is 0 Å². The maximum absolute atomic E-state index is 12.1. The second-order valence-electron chi connectivity index (χ2n) is 4.94. The maximum Gasteiger partial charge on any atom is 0.257 e. The lowest BCUT2D eigenvalue weighted by Crippen LogP contribution is -2.11. The molecule has 0 unspecified atom stereocenters. The van der Waals surface area contributed by atoms with Gasteiger partial charge in [0, 0.05) is 12.0 Å². The normalized spacial score (nSPS) is 10.7. The van der Waals surface area contributed by atoms with Gasteiger partial charge in [-0.2, -0.15) is 0 Å². The molecule has 2 N–H and O–H groups in total. The predicted octanol–water partition coefficient (Wildman–Crippen LogP) is 2.70. The van der Waals surface area contributed by atoms with Crippen molar-refractivity contribution in [1.29, 1.82) is 0 Å². The van der Waals surface area contributed by atoms with Gasteiger partial charge in [-0.15, -0.1) is 10.2 Å². The zero-order valence-corrected chi connectivity index (χ0v) is 12.9. The SMILES string of the molecule is COc1ccc(C(=O)Nc2nnc(CC(C)C)s2)cc1O. The molecule has 1 aromatic heterocycles. The number of hydrogen-bond donors (Lipinski definition) is 2. The number of phenolic OH excluding ortho intramolecular Hbond substituents is 1. The second-order valence-corrected chi connectivity index (χ2v) is 6.00. The summed E-state index contributed by atoms with van der Waals surface area (Å²) in [7, 11) is 1.45. The number of anilines is 1. The third kappa shape index (κ3) is 3.91. The molecule has 2 rings (SSSR count). The van der Waals surface area contributed by atoms with E-state index in [1.807, 2.05) is 0 Å². The number of phenols is 1. The fraction of sp³-hybridized carbons (Fsp3) is 0.357. The van der Waals surface area contributed by atoms with E-state index in [-0.39, 0.29) is 11.7 Å². The van der Waals surface area contributed by atoms with Crippen LogP contribution in [0.3, 0.4) is 0 Å². The van der Waals surface area contributed by atoms with E-state index in [4.69, 9.17) is 4.74 Å². The van der Waals surface area contributed by atoms with Crippen molar-refractivity contribution in [3.8, 4) is 11.5 Å². The Morgan fingerprint density at radius 2 is 2.19 bits per heavy atom. The molecule has 0 fully saturated rings. The third-order valence-electron chi connectivity index (χ3n) is 2.71. The van der Waals surface area contributed by atoms with E-state index in [1.165, 1.54) is 30.6 Å². The number of aromatic nitrogens is 2. The van der Waals surface area contributed by atoms with Gasteiger partial charge in [-0.05, 0) is 24.1 Å². The molecule has 0 atom stereocenters. The summed E-state index contributed by atoms with van der Waals surface area (Å²) in [6.07, 6.45) is 0.830. The van der Waals surface area contributed by atoms with Crippen LogP contribution in [0.4, 0.5) is 5.13 Å². The van der Waals surface area contributed by atoms with Crippen molar-refractivity contribution >= 4 is 22.4 Å². The largest absolute Gasteiger partial charge is 0.504 e. The van der Waals surface area contributed by atoms with E-state index in [9.17, 15) is 9.90 Å². The van der Waals surface area contributed by atoms with Gasteiger partial charge in [-0.3, -0.25) is 10.1 Å². The Balaban J connectivity index is 2.07. The molecule has 1 amide bonds. The Bertz CT molecular complexity index is 640. The molecule has 0 aliphatic carbocycles. The van der Waals surface area contributed by atoms with E-state index in [1.54, 1.807) is 6.07 Å². The zero-order chi connectivity index (χ0) is 15.4. The van der Waals surface area contributed by atoms with Gasteiger partial charge in [0.25, 0.3) is 5.91 Å². The lowest BCUT2D eigenvalue weighted by atomic mass is 10.1. The van der Waals surface area contributed by atoms with Crippen LogP contribution in [0, 0.1) is 5.92 Å². The van der Waals surface area contributed by atoms with Crippen molar-refractivity contribution in [3.63, 3.8) is 0 Å². The van der Waals surface area contributed by atoms with Crippen LogP contribution < -0.4 is 10.1 Å². The molecular weight excluding hydrogens is 290 g/mol. The molecule has 21 heavy (non-hydrogen) atoms. The number of nitrogens with zero attached hydrogens (tertiary/aromatic N) is 2. The van der Waals surface area contributed by atoms with Crippen molar-refractivity contribution in [2.45, 2.75) is 20.3 Å². The van der Waals surface area contributed by atoms with E-state index >= 15 is 0 Å². The van der Waals surface area contributed by atoms with Crippen LogP contribution >= 0.6 is 11.3 Å². The molecule has 1 heterocycles. The Morgan fingerprint density at radius 3 is 2.81 bits per heavy atom. The standard InChI is InChI=1S/C14H17N3O3S/c1-8(2)6-12-16-17-14(21-12)15-13(19)9-4-5-11(20-3)10(18)7-9/h4-5,7-8,18H,6H2,1-3H3,(H,15,17,19). The number of amides is 1. The molecule has 112 valence electrons. The van der Waals surface area contributed by atoms with Gasteiger partial charge >= 0.3 is 0 Å². The predicted molar refractivity (Wildman–Crippen MR) is 81.1 cm³/mol. The molecule has 7 heteroatoms. The van der Waals surface area contributed by atoms with Crippen LogP contribution in [0.2, 0.25) is 0 Å². The Labute approximate surface area is 126 Å². The number of rotatable bonds is 5. The molecule has 0 bridgehead atoms. The number of carbonyl (C=O) groups is 1. The van der Waals surface area contributed by atoms with Gasteiger partial charge in [0.05, 0.1) is 7.11 Å². The molecule has 0 saturated heterocycles. The number of ether oxygens (including phenoxy) is 1. The Morgan fingerprint density at radius 1 is 1.43 bits per heavy atom. The van der Waals surface area contributed by atoms with Gasteiger partial charge in [-0.25, -0.2) is 0 Å². The van der Waals surface area contributed by atoms with Gasteiger partial charge in [0.2, 0.25) is 5.13 Å². The van der Waals surface area contributed by atoms with Crippen molar-refractivity contribution in [3.05, 3.63) is 28.8 Å². The van der Waals surface area contributed by atoms with E-state index in [0.29, 0.717) is 22.4 Å². The van der Waals surface area contributed by atoms with Crippen molar-refractivity contribution < 1.29 is 14.6 Å². The molecule has 1 aromatic carbocycles. The average molecular weight is 307 g/mol. The number of hydrogen-bond acceptors (Lipinski definition) is 6. The van der Waals surface area contributed by atoms with Crippen LogP contribution in [0.15, 0.2) is 18.2 Å². The van der Waals surface area contributed by atoms with E-state index in [0.717, 1.165) is 11.4 Å². The highest BCUT2D eigenvalue weighted by Crippen LogP contribution is 2.27. The Kier molecular flexibility index (Phi) is 4.74. The number of carbonyl (C=O) groups excluding carboxylic acids is 1. The minimum Gasteiger partial charge on any atom is -0.504 e. The summed E-state index contributed by atoms with van der Waals surface area (Å²) in [5.41, 5.74) is 0.328. The van der Waals surface area contributed by atoms with Crippen molar-refractivity contribution in [2.24, 2.45) is 5.92 Å². The summed E-state index contributed by atoms with van der Waals surface area (Å²) >= 11 is 1.35. The van der Waals surface area contributed by atoms with E-state index in [2.05, 4.69) is 29.4 Å². The summed E-state index contributed by atoms with van der Waals surface area (Å²) in [5.74, 6) is 0.379. The second kappa shape index (κ2) is 6.53. The quantitative estimate of drug-likeness (QED) is 0.887. The highest BCUT2D eigenvalue weighted by Gasteiger charge is 2.13.